The van der Waals surface area contributed by atoms with E-state index in [1.807, 2.05) is 12.1 Å². The molecule has 0 fully saturated rings. The van der Waals surface area contributed by atoms with Crippen LogP contribution in [0.25, 0.3) is 98.4 Å². The molecule has 57 heavy (non-hydrogen) atoms. The molecule has 0 aliphatic heterocycles. The fourth-order valence-corrected chi connectivity index (χ4v) is 8.73. The summed E-state index contributed by atoms with van der Waals surface area (Å²) in [5.41, 5.74) is 11.4. The van der Waals surface area contributed by atoms with E-state index in [0.717, 1.165) is 72.1 Å². The number of fused-ring (bicyclic) bond motifs is 10. The van der Waals surface area contributed by atoms with Crippen LogP contribution in [0.2, 0.25) is 0 Å². The summed E-state index contributed by atoms with van der Waals surface area (Å²) >= 11 is 0. The van der Waals surface area contributed by atoms with Gasteiger partial charge < -0.3 is 13.7 Å². The number of nitrogens with zero attached hydrogens (tertiary/aromatic N) is 1. The van der Waals surface area contributed by atoms with E-state index in [9.17, 15) is 0 Å². The number of hydrogen-bond donors (Lipinski definition) is 0. The second-order valence-corrected chi connectivity index (χ2v) is 14.9. The first kappa shape index (κ1) is 31.7. The number of para-hydroxylation sites is 1. The molecule has 0 saturated carbocycles. The Labute approximate surface area is 328 Å². The first-order chi connectivity index (χ1) is 28.2. The van der Waals surface area contributed by atoms with Crippen LogP contribution in [0, 0.1) is 0 Å². The Morgan fingerprint density at radius 3 is 1.56 bits per heavy atom. The molecule has 0 bridgehead atoms. The summed E-state index contributed by atoms with van der Waals surface area (Å²) in [6, 6.07) is 71.7. The quantitative estimate of drug-likeness (QED) is 0.177. The van der Waals surface area contributed by atoms with Crippen molar-refractivity contribution < 1.29 is 8.83 Å². The fourth-order valence-electron chi connectivity index (χ4n) is 8.73. The minimum atomic E-state index is 0.862. The van der Waals surface area contributed by atoms with Gasteiger partial charge in [0.1, 0.15) is 22.3 Å². The molecule has 0 aliphatic carbocycles. The van der Waals surface area contributed by atoms with E-state index in [0.29, 0.717) is 0 Å². The second-order valence-electron chi connectivity index (χ2n) is 14.9. The predicted molar refractivity (Wildman–Crippen MR) is 239 cm³/mol. The van der Waals surface area contributed by atoms with E-state index in [1.54, 1.807) is 0 Å². The summed E-state index contributed by atoms with van der Waals surface area (Å²) in [5, 5.41) is 11.8. The summed E-state index contributed by atoms with van der Waals surface area (Å²) < 4.78 is 12.8. The lowest BCUT2D eigenvalue weighted by Crippen LogP contribution is -2.09. The third-order valence-electron chi connectivity index (χ3n) is 11.6. The van der Waals surface area contributed by atoms with E-state index >= 15 is 0 Å². The Morgan fingerprint density at radius 1 is 0.263 bits per heavy atom. The second kappa shape index (κ2) is 12.5. The Bertz CT molecular complexity index is 3520. The van der Waals surface area contributed by atoms with Gasteiger partial charge in [0.05, 0.1) is 0 Å². The summed E-state index contributed by atoms with van der Waals surface area (Å²) in [6.45, 7) is 0. The Balaban J connectivity index is 0.969. The molecule has 0 spiro atoms. The standard InChI is InChI=1S/C54H33NO2/c1-2-8-38-29-41(15-13-34(38)7-1)35-17-22-43(23-18-35)55(45-26-27-46-49-31-39-9-3-4-10-40(39)32-52(49)57-53(46)33-45)44-24-19-36(20-25-44)42-16-14-37-21-28-51-54(48(37)30-42)47-11-5-6-12-50(47)56-51/h1-33H. The van der Waals surface area contributed by atoms with Crippen LogP contribution in [0.5, 0.6) is 0 Å². The zero-order valence-electron chi connectivity index (χ0n) is 30.8. The van der Waals surface area contributed by atoms with Gasteiger partial charge in [-0.1, -0.05) is 121 Å². The summed E-state index contributed by atoms with van der Waals surface area (Å²) in [6.07, 6.45) is 0. The van der Waals surface area contributed by atoms with Gasteiger partial charge in [-0.2, -0.15) is 0 Å². The molecule has 0 atom stereocenters. The topological polar surface area (TPSA) is 29.5 Å². The van der Waals surface area contributed by atoms with Gasteiger partial charge in [0.2, 0.25) is 0 Å². The zero-order valence-corrected chi connectivity index (χ0v) is 30.8. The molecular formula is C54H33NO2. The van der Waals surface area contributed by atoms with E-state index in [2.05, 4.69) is 193 Å². The van der Waals surface area contributed by atoms with Crippen molar-refractivity contribution in [1.82, 2.24) is 0 Å². The maximum Gasteiger partial charge on any atom is 0.137 e. The predicted octanol–water partition coefficient (Wildman–Crippen LogP) is 15.7. The molecule has 2 aromatic heterocycles. The molecule has 3 nitrogen and oxygen atoms in total. The third-order valence-corrected chi connectivity index (χ3v) is 11.6. The van der Waals surface area contributed by atoms with Crippen LogP contribution in [-0.4, -0.2) is 0 Å². The first-order valence-corrected chi connectivity index (χ1v) is 19.4. The number of rotatable bonds is 5. The first-order valence-electron chi connectivity index (χ1n) is 19.4. The van der Waals surface area contributed by atoms with Crippen molar-refractivity contribution >= 4 is 93.3 Å². The number of anilines is 3. The monoisotopic (exact) mass is 727 g/mol. The lowest BCUT2D eigenvalue weighted by atomic mass is 9.98. The van der Waals surface area contributed by atoms with Crippen LogP contribution in [0.15, 0.2) is 209 Å². The molecule has 0 N–H and O–H groups in total. The Morgan fingerprint density at radius 2 is 0.807 bits per heavy atom. The van der Waals surface area contributed by atoms with Gasteiger partial charge in [-0.3, -0.25) is 0 Å². The number of hydrogen-bond acceptors (Lipinski definition) is 3. The highest BCUT2D eigenvalue weighted by Crippen LogP contribution is 2.42. The molecule has 0 saturated heterocycles. The molecule has 0 unspecified atom stereocenters. The van der Waals surface area contributed by atoms with Crippen molar-refractivity contribution in [3.63, 3.8) is 0 Å². The molecule has 0 radical (unpaired) electrons. The van der Waals surface area contributed by atoms with Gasteiger partial charge >= 0.3 is 0 Å². The summed E-state index contributed by atoms with van der Waals surface area (Å²) in [7, 11) is 0. The van der Waals surface area contributed by atoms with Crippen LogP contribution in [-0.2, 0) is 0 Å². The normalized spacial score (nSPS) is 11.9. The summed E-state index contributed by atoms with van der Waals surface area (Å²) in [5.74, 6) is 0. The van der Waals surface area contributed by atoms with Crippen LogP contribution in [0.4, 0.5) is 17.1 Å². The minimum absolute atomic E-state index is 0.862. The van der Waals surface area contributed by atoms with Crippen molar-refractivity contribution in [2.24, 2.45) is 0 Å². The van der Waals surface area contributed by atoms with Crippen LogP contribution < -0.4 is 4.90 Å². The zero-order chi connectivity index (χ0) is 37.5. The SMILES string of the molecule is c1ccc2cc(-c3ccc(N(c4ccc(-c5ccc6ccc7oc8ccccc8c7c6c5)cc4)c4ccc5c(c4)oc4cc6ccccc6cc45)cc3)ccc2c1. The molecule has 266 valence electrons. The van der Waals surface area contributed by atoms with E-state index in [-0.39, 0.29) is 0 Å². The van der Waals surface area contributed by atoms with E-state index < -0.39 is 0 Å². The van der Waals surface area contributed by atoms with Gasteiger partial charge in [-0.05, 0) is 127 Å². The average Bonchev–Trinajstić information content (AvgIpc) is 3.83. The molecule has 12 aromatic rings. The highest BCUT2D eigenvalue weighted by atomic mass is 16.3. The van der Waals surface area contributed by atoms with Gasteiger partial charge in [-0.25, -0.2) is 0 Å². The fraction of sp³-hybridized carbons (Fsp3) is 0. The highest BCUT2D eigenvalue weighted by Gasteiger charge is 2.17. The Kier molecular flexibility index (Phi) is 6.93. The molecule has 10 aromatic carbocycles. The van der Waals surface area contributed by atoms with Crippen LogP contribution in [0.3, 0.4) is 0 Å². The van der Waals surface area contributed by atoms with Gasteiger partial charge in [0.25, 0.3) is 0 Å². The van der Waals surface area contributed by atoms with Crippen molar-refractivity contribution in [3.8, 4) is 22.3 Å². The molecule has 0 amide bonds. The third kappa shape index (κ3) is 5.21. The summed E-state index contributed by atoms with van der Waals surface area (Å²) in [4.78, 5) is 2.32. The van der Waals surface area contributed by atoms with Crippen molar-refractivity contribution in [1.29, 1.82) is 0 Å². The van der Waals surface area contributed by atoms with Crippen LogP contribution >= 0.6 is 0 Å². The maximum absolute atomic E-state index is 6.57. The van der Waals surface area contributed by atoms with Crippen molar-refractivity contribution in [2.45, 2.75) is 0 Å². The minimum Gasteiger partial charge on any atom is -0.456 e. The van der Waals surface area contributed by atoms with Gasteiger partial charge in [0, 0.05) is 44.7 Å². The maximum atomic E-state index is 6.57. The lowest BCUT2D eigenvalue weighted by Gasteiger charge is -2.26. The molecule has 0 aliphatic rings. The molecule has 3 heteroatoms. The largest absolute Gasteiger partial charge is 0.456 e. The van der Waals surface area contributed by atoms with E-state index in [1.165, 1.54) is 43.4 Å². The number of benzene rings is 10. The Hall–Kier alpha value is -7.62. The molecular weight excluding hydrogens is 695 g/mol. The van der Waals surface area contributed by atoms with Gasteiger partial charge in [-0.15, -0.1) is 0 Å². The molecule has 2 heterocycles. The van der Waals surface area contributed by atoms with E-state index in [4.69, 9.17) is 8.83 Å². The van der Waals surface area contributed by atoms with Crippen molar-refractivity contribution in [2.75, 3.05) is 4.90 Å². The van der Waals surface area contributed by atoms with Crippen LogP contribution in [0.1, 0.15) is 0 Å². The lowest BCUT2D eigenvalue weighted by molar-refractivity contribution is 0.669. The van der Waals surface area contributed by atoms with Crippen molar-refractivity contribution in [3.05, 3.63) is 200 Å². The average molecular weight is 728 g/mol. The smallest absolute Gasteiger partial charge is 0.137 e. The molecule has 12 rings (SSSR count). The highest BCUT2D eigenvalue weighted by molar-refractivity contribution is 6.19. The number of furan rings is 2. The van der Waals surface area contributed by atoms with Gasteiger partial charge in [0.15, 0.2) is 0 Å².